The number of aromatic amines is 1. The summed E-state index contributed by atoms with van der Waals surface area (Å²) in [5.74, 6) is -0.164. The maximum Gasteiger partial charge on any atom is 0.308 e. The highest BCUT2D eigenvalue weighted by molar-refractivity contribution is 5.88. The molecule has 28 heavy (non-hydrogen) atoms. The molecule has 3 heterocycles. The number of fused-ring (bicyclic) bond motifs is 4. The van der Waals surface area contributed by atoms with Gasteiger partial charge >= 0.3 is 5.97 Å². The first-order chi connectivity index (χ1) is 13.6. The van der Waals surface area contributed by atoms with Gasteiger partial charge in [-0.05, 0) is 49.7 Å². The second kappa shape index (κ2) is 6.50. The third-order valence-electron chi connectivity index (χ3n) is 6.07. The van der Waals surface area contributed by atoms with Crippen LogP contribution >= 0.6 is 0 Å². The minimum absolute atomic E-state index is 0.148. The molecule has 8 nitrogen and oxygen atoms in total. The van der Waals surface area contributed by atoms with E-state index in [9.17, 15) is 14.3 Å². The fraction of sp³-hybridized carbons (Fsp3) is 0.421. The number of carboxylic acids is 1. The van der Waals surface area contributed by atoms with E-state index in [0.29, 0.717) is 34.3 Å². The Morgan fingerprint density at radius 1 is 1.21 bits per heavy atom. The average Bonchev–Trinajstić information content (AvgIpc) is 3.12. The van der Waals surface area contributed by atoms with Crippen molar-refractivity contribution < 1.29 is 14.3 Å². The number of nitrogens with one attached hydrogen (secondary N) is 2. The molecule has 2 atom stereocenters. The Morgan fingerprint density at radius 2 is 2.00 bits per heavy atom. The van der Waals surface area contributed by atoms with Gasteiger partial charge in [0.15, 0.2) is 11.5 Å². The second-order valence-electron chi connectivity index (χ2n) is 7.60. The predicted octanol–water partition coefficient (Wildman–Crippen LogP) is 2.86. The monoisotopic (exact) mass is 382 g/mol. The summed E-state index contributed by atoms with van der Waals surface area (Å²) in [6.07, 6.45) is 6.75. The quantitative estimate of drug-likeness (QED) is 0.635. The van der Waals surface area contributed by atoms with Gasteiger partial charge < -0.3 is 10.4 Å². The van der Waals surface area contributed by atoms with Gasteiger partial charge in [0.25, 0.3) is 0 Å². The van der Waals surface area contributed by atoms with E-state index < -0.39 is 17.7 Å². The normalized spacial score (nSPS) is 26.5. The number of aromatic nitrogens is 5. The summed E-state index contributed by atoms with van der Waals surface area (Å²) in [5.41, 5.74) is 0.861. The molecule has 3 N–H and O–H groups in total. The Hall–Kier alpha value is -3.10. The van der Waals surface area contributed by atoms with Gasteiger partial charge in [0.05, 0.1) is 17.5 Å². The summed E-state index contributed by atoms with van der Waals surface area (Å²) in [6.45, 7) is 0. The Morgan fingerprint density at radius 3 is 2.79 bits per heavy atom. The van der Waals surface area contributed by atoms with Gasteiger partial charge in [-0.15, -0.1) is 0 Å². The van der Waals surface area contributed by atoms with Crippen LogP contribution in [0, 0.1) is 23.6 Å². The van der Waals surface area contributed by atoms with E-state index in [2.05, 4.69) is 30.5 Å². The molecule has 3 aliphatic carbocycles. The van der Waals surface area contributed by atoms with E-state index in [-0.39, 0.29) is 12.0 Å². The summed E-state index contributed by atoms with van der Waals surface area (Å²) in [7, 11) is 0. The van der Waals surface area contributed by atoms with Gasteiger partial charge in [-0.1, -0.05) is 0 Å². The zero-order valence-corrected chi connectivity index (χ0v) is 15.0. The molecule has 2 bridgehead atoms. The van der Waals surface area contributed by atoms with Crippen LogP contribution in [0.25, 0.3) is 22.6 Å². The molecule has 0 amide bonds. The van der Waals surface area contributed by atoms with E-state index in [4.69, 9.17) is 0 Å². The van der Waals surface area contributed by atoms with Crippen molar-refractivity contribution in [2.45, 2.75) is 31.7 Å². The maximum atomic E-state index is 13.6. The second-order valence-corrected chi connectivity index (χ2v) is 7.60. The molecule has 6 rings (SSSR count). The lowest BCUT2D eigenvalue weighted by molar-refractivity contribution is -0.148. The number of halogens is 1. The lowest BCUT2D eigenvalue weighted by atomic mass is 9.61. The van der Waals surface area contributed by atoms with Crippen molar-refractivity contribution in [1.29, 1.82) is 0 Å². The summed E-state index contributed by atoms with van der Waals surface area (Å²) in [6, 6.07) is 2.91. The summed E-state index contributed by atoms with van der Waals surface area (Å²) in [5, 5.41) is 20.5. The summed E-state index contributed by atoms with van der Waals surface area (Å²) in [4.78, 5) is 24.6. The maximum absolute atomic E-state index is 13.6. The van der Waals surface area contributed by atoms with Gasteiger partial charge in [0.2, 0.25) is 0 Å². The fourth-order valence-electron chi connectivity index (χ4n) is 4.79. The number of hydrogen-bond donors (Lipinski definition) is 3. The van der Waals surface area contributed by atoms with Crippen LogP contribution in [-0.2, 0) is 4.79 Å². The number of H-pyrrole nitrogens is 1. The van der Waals surface area contributed by atoms with Crippen molar-refractivity contribution in [3.63, 3.8) is 0 Å². The standard InChI is InChI=1S/C19H19FN6O2/c20-11-7-12-16(25-26-17(12)22-8-11)18-21-6-5-13(24-18)23-15-10-3-1-9(2-4-10)14(15)19(27)28/h5-10,14-15H,1-4H2,(H,27,28)(H,21,23,24)(H,22,25,26). The molecule has 2 unspecified atom stereocenters. The molecule has 144 valence electrons. The predicted molar refractivity (Wildman–Crippen MR) is 98.9 cm³/mol. The lowest BCUT2D eigenvalue weighted by Crippen LogP contribution is -2.51. The molecular formula is C19H19FN6O2. The largest absolute Gasteiger partial charge is 0.481 e. The molecule has 3 aromatic heterocycles. The number of nitrogens with zero attached hydrogens (tertiary/aromatic N) is 4. The topological polar surface area (TPSA) is 117 Å². The number of anilines is 1. The molecular weight excluding hydrogens is 363 g/mol. The number of carboxylic acid groups (broad SMARTS) is 1. The Bertz CT molecular complexity index is 1050. The zero-order chi connectivity index (χ0) is 19.3. The number of aliphatic carboxylic acids is 1. The van der Waals surface area contributed by atoms with Crippen molar-refractivity contribution in [3.8, 4) is 11.5 Å². The molecule has 0 saturated heterocycles. The van der Waals surface area contributed by atoms with Crippen LogP contribution in [0.1, 0.15) is 25.7 Å². The van der Waals surface area contributed by atoms with E-state index in [1.807, 2.05) is 0 Å². The Kier molecular flexibility index (Phi) is 3.96. The van der Waals surface area contributed by atoms with Gasteiger partial charge in [-0.3, -0.25) is 9.89 Å². The van der Waals surface area contributed by atoms with E-state index >= 15 is 0 Å². The first kappa shape index (κ1) is 17.0. The van der Waals surface area contributed by atoms with Crippen LogP contribution in [0.3, 0.4) is 0 Å². The third-order valence-corrected chi connectivity index (χ3v) is 6.07. The SMILES string of the molecule is O=C(O)C1C2CCC(CC2)C1Nc1ccnc(-c2[nH]nc3ncc(F)cc23)n1. The third kappa shape index (κ3) is 2.78. The number of pyridine rings is 1. The highest BCUT2D eigenvalue weighted by atomic mass is 19.1. The van der Waals surface area contributed by atoms with Crippen LogP contribution < -0.4 is 5.32 Å². The molecule has 0 aliphatic heterocycles. The lowest BCUT2D eigenvalue weighted by Gasteiger charge is -2.47. The van der Waals surface area contributed by atoms with Crippen LogP contribution in [0.5, 0.6) is 0 Å². The van der Waals surface area contributed by atoms with Crippen molar-refractivity contribution in [2.75, 3.05) is 5.32 Å². The zero-order valence-electron chi connectivity index (χ0n) is 15.0. The smallest absolute Gasteiger partial charge is 0.308 e. The summed E-state index contributed by atoms with van der Waals surface area (Å²) < 4.78 is 13.6. The van der Waals surface area contributed by atoms with Crippen molar-refractivity contribution in [2.24, 2.45) is 17.8 Å². The van der Waals surface area contributed by atoms with Gasteiger partial charge in [0, 0.05) is 12.2 Å². The minimum atomic E-state index is -0.748. The van der Waals surface area contributed by atoms with Crippen LogP contribution in [0.15, 0.2) is 24.5 Å². The average molecular weight is 382 g/mol. The van der Waals surface area contributed by atoms with E-state index in [1.54, 1.807) is 12.3 Å². The minimum Gasteiger partial charge on any atom is -0.481 e. The number of hydrogen-bond acceptors (Lipinski definition) is 6. The highest BCUT2D eigenvalue weighted by Gasteiger charge is 2.47. The van der Waals surface area contributed by atoms with Crippen molar-refractivity contribution >= 4 is 22.8 Å². The van der Waals surface area contributed by atoms with E-state index in [0.717, 1.165) is 31.9 Å². The van der Waals surface area contributed by atoms with Crippen molar-refractivity contribution in [3.05, 3.63) is 30.3 Å². The van der Waals surface area contributed by atoms with E-state index in [1.165, 1.54) is 6.07 Å². The van der Waals surface area contributed by atoms with Gasteiger partial charge in [-0.25, -0.2) is 19.3 Å². The molecule has 3 saturated carbocycles. The molecule has 3 aromatic rings. The van der Waals surface area contributed by atoms with Crippen LogP contribution in [0.4, 0.5) is 10.2 Å². The first-order valence-corrected chi connectivity index (χ1v) is 9.42. The van der Waals surface area contributed by atoms with Crippen LogP contribution in [0.2, 0.25) is 0 Å². The Balaban J connectivity index is 1.47. The van der Waals surface area contributed by atoms with Gasteiger partial charge in [-0.2, -0.15) is 5.10 Å². The number of rotatable bonds is 4. The molecule has 0 spiro atoms. The molecule has 0 aromatic carbocycles. The van der Waals surface area contributed by atoms with Crippen LogP contribution in [-0.4, -0.2) is 42.3 Å². The van der Waals surface area contributed by atoms with Gasteiger partial charge in [0.1, 0.15) is 17.3 Å². The Labute approximate surface area is 159 Å². The molecule has 9 heteroatoms. The fourth-order valence-corrected chi connectivity index (χ4v) is 4.79. The summed E-state index contributed by atoms with van der Waals surface area (Å²) >= 11 is 0. The molecule has 0 radical (unpaired) electrons. The first-order valence-electron chi connectivity index (χ1n) is 9.42. The highest BCUT2D eigenvalue weighted by Crippen LogP contribution is 2.46. The molecule has 3 aliphatic rings. The van der Waals surface area contributed by atoms with Crippen molar-refractivity contribution in [1.82, 2.24) is 25.1 Å². The molecule has 3 fully saturated rings. The number of carbonyl (C=O) groups is 1.